The summed E-state index contributed by atoms with van der Waals surface area (Å²) in [4.78, 5) is 9.88. The van der Waals surface area contributed by atoms with E-state index in [-0.39, 0.29) is 0 Å². The van der Waals surface area contributed by atoms with E-state index in [1.165, 1.54) is 0 Å². The normalized spacial score (nSPS) is 15.6. The summed E-state index contributed by atoms with van der Waals surface area (Å²) in [6.07, 6.45) is -13.7. The number of carbonyl (C=O) groups excluding carboxylic acids is 1. The first kappa shape index (κ1) is 16.1. The van der Waals surface area contributed by atoms with Gasteiger partial charge in [0.25, 0.3) is 5.24 Å². The number of carbonyl (C=O) groups is 1. The molecule has 0 bridgehead atoms. The van der Waals surface area contributed by atoms with E-state index < -0.39 is 34.9 Å². The van der Waals surface area contributed by atoms with Crippen molar-refractivity contribution < 1.29 is 44.3 Å². The van der Waals surface area contributed by atoms with Crippen LogP contribution in [0.25, 0.3) is 0 Å². The molecule has 1 nitrogen and oxygen atoms in total. The van der Waals surface area contributed by atoms with Crippen LogP contribution in [0.4, 0.5) is 39.5 Å². The van der Waals surface area contributed by atoms with Crippen molar-refractivity contribution in [1.29, 1.82) is 0 Å². The molecule has 0 N–H and O–H groups in total. The second-order valence-corrected chi connectivity index (χ2v) is 2.90. The molecule has 17 heavy (non-hydrogen) atoms. The van der Waals surface area contributed by atoms with Gasteiger partial charge in [0.05, 0.1) is 0 Å². The molecule has 0 atom stereocenters. The third-order valence-corrected chi connectivity index (χ3v) is 1.61. The molecule has 0 aliphatic carbocycles. The Hall–Kier alpha value is -0.930. The van der Waals surface area contributed by atoms with Gasteiger partial charge >= 0.3 is 18.0 Å². The Morgan fingerprint density at radius 3 is 1.29 bits per heavy atom. The number of alkyl halides is 7. The fraction of sp³-hybridized carbons (Fsp3) is 0.500. The van der Waals surface area contributed by atoms with Crippen molar-refractivity contribution in [1.82, 2.24) is 0 Å². The summed E-state index contributed by atoms with van der Waals surface area (Å²) in [6, 6.07) is 0. The topological polar surface area (TPSA) is 17.1 Å². The van der Waals surface area contributed by atoms with E-state index in [2.05, 4.69) is 11.6 Å². The van der Waals surface area contributed by atoms with Crippen LogP contribution in [0.2, 0.25) is 0 Å². The molecule has 0 amide bonds. The van der Waals surface area contributed by atoms with Gasteiger partial charge in [-0.2, -0.15) is 30.7 Å². The molecule has 0 heterocycles. The van der Waals surface area contributed by atoms with Crippen LogP contribution < -0.4 is 0 Å². The molecule has 0 saturated heterocycles. The number of hydrogen-bond acceptors (Lipinski definition) is 1. The Bertz CT molecular complexity index is 337. The van der Waals surface area contributed by atoms with Crippen molar-refractivity contribution in [2.75, 3.05) is 0 Å². The molecule has 100 valence electrons. The van der Waals surface area contributed by atoms with Gasteiger partial charge in [0.2, 0.25) is 5.83 Å². The van der Waals surface area contributed by atoms with Crippen LogP contribution in [0.15, 0.2) is 11.7 Å². The highest BCUT2D eigenvalue weighted by Gasteiger charge is 2.76. The zero-order valence-electron chi connectivity index (χ0n) is 7.19. The zero-order valence-corrected chi connectivity index (χ0v) is 7.94. The predicted octanol–water partition coefficient (Wildman–Crippen LogP) is 3.74. The maximum absolute atomic E-state index is 12.7. The van der Waals surface area contributed by atoms with Crippen LogP contribution in [-0.4, -0.2) is 23.3 Å². The molecule has 0 aromatic carbocycles. The summed E-state index contributed by atoms with van der Waals surface area (Å²) in [5.74, 6) is -7.29. The maximum atomic E-state index is 12.7. The largest absolute Gasteiger partial charge is 0.438 e. The molecule has 0 unspecified atom stereocenters. The molecule has 0 aromatic heterocycles. The van der Waals surface area contributed by atoms with E-state index in [4.69, 9.17) is 0 Å². The molecule has 11 heteroatoms. The van der Waals surface area contributed by atoms with Gasteiger partial charge in [-0.1, -0.05) is 0 Å². The molecule has 0 aromatic rings. The summed E-state index contributed by atoms with van der Waals surface area (Å²) in [5.41, 5.74) is -6.63. The average Bonchev–Trinajstić information content (AvgIpc) is 2.10. The van der Waals surface area contributed by atoms with Crippen LogP contribution in [0.1, 0.15) is 0 Å². The first-order valence-electron chi connectivity index (χ1n) is 3.34. The van der Waals surface area contributed by atoms with E-state index >= 15 is 0 Å². The Morgan fingerprint density at radius 2 is 1.12 bits per heavy atom. The Balaban J connectivity index is 6.04. The standard InChI is InChI=1S/C6ClF9O/c7-3(17)1(8)2(9)4(10,5(11,12)13)6(14,15)16/b2-1-. The Morgan fingerprint density at radius 1 is 0.824 bits per heavy atom. The van der Waals surface area contributed by atoms with Crippen molar-refractivity contribution in [3.05, 3.63) is 11.7 Å². The second-order valence-electron chi connectivity index (χ2n) is 2.56. The Labute approximate surface area is 91.8 Å². The van der Waals surface area contributed by atoms with Crippen LogP contribution in [0.5, 0.6) is 0 Å². The summed E-state index contributed by atoms with van der Waals surface area (Å²) < 4.78 is 108. The van der Waals surface area contributed by atoms with Crippen molar-refractivity contribution >= 4 is 16.8 Å². The minimum Gasteiger partial charge on any atom is -0.273 e. The minimum absolute atomic E-state index is 2.63. The molecule has 0 aliphatic rings. The molecule has 0 aliphatic heterocycles. The number of allylic oxidation sites excluding steroid dienone is 2. The SMILES string of the molecule is O=C(Cl)/C(F)=C(/F)C(F)(C(F)(F)F)C(F)(F)F. The zero-order chi connectivity index (χ0) is 14.2. The predicted molar refractivity (Wildman–Crippen MR) is 36.1 cm³/mol. The molecular weight excluding hydrogens is 294 g/mol. The van der Waals surface area contributed by atoms with Gasteiger partial charge in [0.15, 0.2) is 5.83 Å². The van der Waals surface area contributed by atoms with Crippen LogP contribution in [0.3, 0.4) is 0 Å². The quantitative estimate of drug-likeness (QED) is 0.431. The first-order valence-corrected chi connectivity index (χ1v) is 3.72. The Kier molecular flexibility index (Phi) is 4.15. The highest BCUT2D eigenvalue weighted by Crippen LogP contribution is 2.52. The first-order chi connectivity index (χ1) is 7.26. The van der Waals surface area contributed by atoms with Crippen LogP contribution in [-0.2, 0) is 4.79 Å². The van der Waals surface area contributed by atoms with Gasteiger partial charge in [-0.25, -0.2) is 8.78 Å². The molecular formula is C6ClF9O. The molecule has 0 spiro atoms. The van der Waals surface area contributed by atoms with Gasteiger partial charge < -0.3 is 0 Å². The number of halogens is 10. The van der Waals surface area contributed by atoms with E-state index in [0.29, 0.717) is 0 Å². The monoisotopic (exact) mass is 294 g/mol. The minimum atomic E-state index is -6.85. The van der Waals surface area contributed by atoms with Crippen molar-refractivity contribution in [2.24, 2.45) is 0 Å². The number of hydrogen-bond donors (Lipinski definition) is 0. The summed E-state index contributed by atoms with van der Waals surface area (Å²) in [7, 11) is 0. The lowest BCUT2D eigenvalue weighted by molar-refractivity contribution is -0.331. The fourth-order valence-electron chi connectivity index (χ4n) is 0.647. The summed E-state index contributed by atoms with van der Waals surface area (Å²) in [6.45, 7) is 0. The van der Waals surface area contributed by atoms with Gasteiger partial charge in [0.1, 0.15) is 0 Å². The fourth-order valence-corrected chi connectivity index (χ4v) is 0.730. The van der Waals surface area contributed by atoms with Crippen LogP contribution >= 0.6 is 11.6 Å². The van der Waals surface area contributed by atoms with E-state index in [1.807, 2.05) is 0 Å². The smallest absolute Gasteiger partial charge is 0.273 e. The van der Waals surface area contributed by atoms with Gasteiger partial charge in [-0.05, 0) is 11.6 Å². The van der Waals surface area contributed by atoms with Crippen molar-refractivity contribution in [2.45, 2.75) is 18.0 Å². The van der Waals surface area contributed by atoms with E-state index in [1.54, 1.807) is 0 Å². The van der Waals surface area contributed by atoms with Gasteiger partial charge in [0, 0.05) is 0 Å². The molecule has 0 radical (unpaired) electrons. The second kappa shape index (κ2) is 4.39. The van der Waals surface area contributed by atoms with Crippen LogP contribution in [0, 0.1) is 0 Å². The lowest BCUT2D eigenvalue weighted by Crippen LogP contribution is -2.54. The number of rotatable bonds is 2. The van der Waals surface area contributed by atoms with E-state index in [9.17, 15) is 44.3 Å². The lowest BCUT2D eigenvalue weighted by Gasteiger charge is -2.28. The third kappa shape index (κ3) is 2.67. The average molecular weight is 294 g/mol. The van der Waals surface area contributed by atoms with Gasteiger partial charge in [-0.15, -0.1) is 0 Å². The molecule has 0 rings (SSSR count). The summed E-state index contributed by atoms with van der Waals surface area (Å²) in [5, 5.41) is -2.63. The van der Waals surface area contributed by atoms with Gasteiger partial charge in [-0.3, -0.25) is 4.79 Å². The van der Waals surface area contributed by atoms with E-state index in [0.717, 1.165) is 0 Å². The maximum Gasteiger partial charge on any atom is 0.438 e. The highest BCUT2D eigenvalue weighted by molar-refractivity contribution is 6.67. The van der Waals surface area contributed by atoms with Crippen molar-refractivity contribution in [3.63, 3.8) is 0 Å². The lowest BCUT2D eigenvalue weighted by atomic mass is 10.0. The molecule has 0 saturated carbocycles. The van der Waals surface area contributed by atoms with Crippen molar-refractivity contribution in [3.8, 4) is 0 Å². The highest BCUT2D eigenvalue weighted by atomic mass is 35.5. The summed E-state index contributed by atoms with van der Waals surface area (Å²) >= 11 is 4.12. The third-order valence-electron chi connectivity index (χ3n) is 1.45. The molecule has 0 fully saturated rings.